The highest BCUT2D eigenvalue weighted by molar-refractivity contribution is 5.82. The lowest BCUT2D eigenvalue weighted by Crippen LogP contribution is -2.50. The van der Waals surface area contributed by atoms with Crippen LogP contribution >= 0.6 is 0 Å². The van der Waals surface area contributed by atoms with E-state index in [1.807, 2.05) is 20.8 Å². The van der Waals surface area contributed by atoms with Crippen molar-refractivity contribution in [1.82, 2.24) is 5.32 Å². The standard InChI is InChI=1S/C12H24N2O4/c1-12(2,3)9(6-7-15)14-11(18)8(13)4-5-10(16)17/h8-9,15H,4-7,13H2,1-3H3,(H,14,18)(H,16,17). The summed E-state index contributed by atoms with van der Waals surface area (Å²) >= 11 is 0. The molecule has 0 aliphatic heterocycles. The molecule has 0 aliphatic carbocycles. The quantitative estimate of drug-likeness (QED) is 0.518. The van der Waals surface area contributed by atoms with E-state index in [0.717, 1.165) is 0 Å². The highest BCUT2D eigenvalue weighted by Crippen LogP contribution is 2.21. The summed E-state index contributed by atoms with van der Waals surface area (Å²) in [6.45, 7) is 5.84. The summed E-state index contributed by atoms with van der Waals surface area (Å²) in [6, 6.07) is -1.02. The Morgan fingerprint density at radius 2 is 1.83 bits per heavy atom. The van der Waals surface area contributed by atoms with Crippen LogP contribution in [0, 0.1) is 5.41 Å². The minimum Gasteiger partial charge on any atom is -0.481 e. The zero-order chi connectivity index (χ0) is 14.3. The largest absolute Gasteiger partial charge is 0.481 e. The Kier molecular flexibility index (Phi) is 6.86. The van der Waals surface area contributed by atoms with Crippen LogP contribution in [-0.2, 0) is 9.59 Å². The number of aliphatic carboxylic acids is 1. The molecule has 0 heterocycles. The molecule has 0 fully saturated rings. The molecule has 6 nitrogen and oxygen atoms in total. The molecular weight excluding hydrogens is 236 g/mol. The Labute approximate surface area is 108 Å². The van der Waals surface area contributed by atoms with Crippen LogP contribution < -0.4 is 11.1 Å². The predicted octanol–water partition coefficient (Wildman–Crippen LogP) is 0.0918. The first-order valence-electron chi connectivity index (χ1n) is 6.07. The molecular formula is C12H24N2O4. The van der Waals surface area contributed by atoms with Gasteiger partial charge in [-0.3, -0.25) is 9.59 Å². The number of hydrogen-bond acceptors (Lipinski definition) is 4. The number of nitrogens with two attached hydrogens (primary N) is 1. The molecule has 2 unspecified atom stereocenters. The lowest BCUT2D eigenvalue weighted by atomic mass is 9.84. The molecule has 18 heavy (non-hydrogen) atoms. The number of nitrogens with one attached hydrogen (secondary N) is 1. The smallest absolute Gasteiger partial charge is 0.303 e. The first-order valence-corrected chi connectivity index (χ1v) is 6.07. The summed E-state index contributed by atoms with van der Waals surface area (Å²) in [7, 11) is 0. The van der Waals surface area contributed by atoms with Crippen LogP contribution in [0.25, 0.3) is 0 Å². The fourth-order valence-corrected chi connectivity index (χ4v) is 1.54. The first-order chi connectivity index (χ1) is 8.18. The van der Waals surface area contributed by atoms with Crippen molar-refractivity contribution in [3.63, 3.8) is 0 Å². The van der Waals surface area contributed by atoms with Gasteiger partial charge in [0.25, 0.3) is 0 Å². The molecule has 5 N–H and O–H groups in total. The fourth-order valence-electron chi connectivity index (χ4n) is 1.54. The lowest BCUT2D eigenvalue weighted by Gasteiger charge is -2.32. The number of carbonyl (C=O) groups excluding carboxylic acids is 1. The van der Waals surface area contributed by atoms with E-state index in [9.17, 15) is 9.59 Å². The Morgan fingerprint density at radius 3 is 2.22 bits per heavy atom. The molecule has 0 rings (SSSR count). The zero-order valence-electron chi connectivity index (χ0n) is 11.3. The second-order valence-electron chi connectivity index (χ2n) is 5.48. The van der Waals surface area contributed by atoms with E-state index in [1.54, 1.807) is 0 Å². The Hall–Kier alpha value is -1.14. The van der Waals surface area contributed by atoms with Gasteiger partial charge >= 0.3 is 5.97 Å². The molecule has 106 valence electrons. The first kappa shape index (κ1) is 16.9. The zero-order valence-corrected chi connectivity index (χ0v) is 11.3. The monoisotopic (exact) mass is 260 g/mol. The number of hydrogen-bond donors (Lipinski definition) is 4. The fraction of sp³-hybridized carbons (Fsp3) is 0.833. The number of aliphatic hydroxyl groups excluding tert-OH is 1. The van der Waals surface area contributed by atoms with Gasteiger partial charge in [-0.15, -0.1) is 0 Å². The average molecular weight is 260 g/mol. The number of carboxylic acid groups (broad SMARTS) is 1. The van der Waals surface area contributed by atoms with E-state index >= 15 is 0 Å². The van der Waals surface area contributed by atoms with E-state index in [2.05, 4.69) is 5.32 Å². The van der Waals surface area contributed by atoms with Crippen molar-refractivity contribution < 1.29 is 19.8 Å². The SMILES string of the molecule is CC(C)(C)C(CCO)NC(=O)C(N)CCC(=O)O. The molecule has 0 aromatic heterocycles. The highest BCUT2D eigenvalue weighted by Gasteiger charge is 2.27. The van der Waals surface area contributed by atoms with Crippen LogP contribution in [0.2, 0.25) is 0 Å². The van der Waals surface area contributed by atoms with Crippen molar-refractivity contribution in [2.45, 2.75) is 52.1 Å². The van der Waals surface area contributed by atoms with Crippen molar-refractivity contribution in [2.24, 2.45) is 11.1 Å². The van der Waals surface area contributed by atoms with Gasteiger partial charge in [0.05, 0.1) is 6.04 Å². The van der Waals surface area contributed by atoms with E-state index in [1.165, 1.54) is 0 Å². The maximum absolute atomic E-state index is 11.8. The second-order valence-corrected chi connectivity index (χ2v) is 5.48. The van der Waals surface area contributed by atoms with Crippen LogP contribution in [0.15, 0.2) is 0 Å². The van der Waals surface area contributed by atoms with E-state index in [-0.39, 0.29) is 36.8 Å². The molecule has 0 bridgehead atoms. The molecule has 2 atom stereocenters. The number of carboxylic acids is 1. The van der Waals surface area contributed by atoms with Gasteiger partial charge in [-0.05, 0) is 18.3 Å². The van der Waals surface area contributed by atoms with Gasteiger partial charge in [-0.1, -0.05) is 20.8 Å². The Bertz CT molecular complexity index is 286. The summed E-state index contributed by atoms with van der Waals surface area (Å²) in [5.74, 6) is -1.34. The summed E-state index contributed by atoms with van der Waals surface area (Å²) in [5.41, 5.74) is 5.43. The third kappa shape index (κ3) is 6.56. The summed E-state index contributed by atoms with van der Waals surface area (Å²) in [6.07, 6.45) is 0.423. The van der Waals surface area contributed by atoms with Crippen molar-refractivity contribution in [1.29, 1.82) is 0 Å². The number of rotatable bonds is 7. The lowest BCUT2D eigenvalue weighted by molar-refractivity contribution is -0.137. The van der Waals surface area contributed by atoms with Crippen molar-refractivity contribution in [2.75, 3.05) is 6.61 Å². The molecule has 0 aromatic rings. The number of aliphatic hydroxyl groups is 1. The summed E-state index contributed by atoms with van der Waals surface area (Å²) in [4.78, 5) is 22.2. The normalized spacial score (nSPS) is 14.9. The maximum atomic E-state index is 11.8. The van der Waals surface area contributed by atoms with Crippen LogP contribution in [0.1, 0.15) is 40.0 Å². The van der Waals surface area contributed by atoms with Gasteiger partial charge in [0.2, 0.25) is 5.91 Å². The molecule has 0 radical (unpaired) electrons. The van der Waals surface area contributed by atoms with E-state index in [0.29, 0.717) is 6.42 Å². The highest BCUT2D eigenvalue weighted by atomic mass is 16.4. The van der Waals surface area contributed by atoms with Crippen molar-refractivity contribution in [3.05, 3.63) is 0 Å². The van der Waals surface area contributed by atoms with Crippen LogP contribution in [0.5, 0.6) is 0 Å². The third-order valence-corrected chi connectivity index (χ3v) is 2.79. The summed E-state index contributed by atoms with van der Waals surface area (Å²) in [5, 5.41) is 20.3. The maximum Gasteiger partial charge on any atom is 0.303 e. The van der Waals surface area contributed by atoms with Gasteiger partial charge in [0.15, 0.2) is 0 Å². The molecule has 6 heteroatoms. The number of amides is 1. The molecule has 0 aromatic carbocycles. The summed E-state index contributed by atoms with van der Waals surface area (Å²) < 4.78 is 0. The van der Waals surface area contributed by atoms with Gasteiger partial charge in [0, 0.05) is 19.1 Å². The average Bonchev–Trinajstić information content (AvgIpc) is 2.23. The van der Waals surface area contributed by atoms with E-state index in [4.69, 9.17) is 15.9 Å². The predicted molar refractivity (Wildman–Crippen MR) is 67.9 cm³/mol. The van der Waals surface area contributed by atoms with Gasteiger partial charge in [-0.25, -0.2) is 0 Å². The minimum absolute atomic E-state index is 0.0212. The number of carbonyl (C=O) groups is 2. The Balaban J connectivity index is 4.36. The van der Waals surface area contributed by atoms with Crippen LogP contribution in [0.4, 0.5) is 0 Å². The molecule has 0 aliphatic rings. The molecule has 0 saturated heterocycles. The van der Waals surface area contributed by atoms with E-state index < -0.39 is 12.0 Å². The van der Waals surface area contributed by atoms with Crippen molar-refractivity contribution in [3.8, 4) is 0 Å². The topological polar surface area (TPSA) is 113 Å². The van der Waals surface area contributed by atoms with Crippen molar-refractivity contribution >= 4 is 11.9 Å². The Morgan fingerprint density at radius 1 is 1.28 bits per heavy atom. The minimum atomic E-state index is -0.971. The molecule has 0 saturated carbocycles. The van der Waals surface area contributed by atoms with Gasteiger partial charge < -0.3 is 21.3 Å². The van der Waals surface area contributed by atoms with Gasteiger partial charge in [-0.2, -0.15) is 0 Å². The van der Waals surface area contributed by atoms with Crippen LogP contribution in [0.3, 0.4) is 0 Å². The molecule has 1 amide bonds. The van der Waals surface area contributed by atoms with Crippen LogP contribution in [-0.4, -0.2) is 40.8 Å². The molecule has 0 spiro atoms. The third-order valence-electron chi connectivity index (χ3n) is 2.79. The second kappa shape index (κ2) is 7.33. The van der Waals surface area contributed by atoms with Gasteiger partial charge in [0.1, 0.15) is 0 Å².